The Bertz CT molecular complexity index is 789. The second-order valence-corrected chi connectivity index (χ2v) is 7.06. The number of allylic oxidation sites excluding steroid dienone is 1. The molecule has 132 valence electrons. The molecule has 1 aromatic carbocycles. The Labute approximate surface area is 155 Å². The Morgan fingerprint density at radius 2 is 2.32 bits per heavy atom. The minimum Gasteiger partial charge on any atom is -0.496 e. The first kappa shape index (κ1) is 17.8. The van der Waals surface area contributed by atoms with Crippen molar-refractivity contribution in [1.82, 2.24) is 20.1 Å². The van der Waals surface area contributed by atoms with E-state index in [-0.39, 0.29) is 5.91 Å². The van der Waals surface area contributed by atoms with E-state index in [0.717, 1.165) is 18.4 Å². The van der Waals surface area contributed by atoms with Crippen LogP contribution in [0.1, 0.15) is 12.8 Å². The first-order valence-corrected chi connectivity index (χ1v) is 9.29. The van der Waals surface area contributed by atoms with E-state index in [1.54, 1.807) is 31.4 Å². The molecule has 2 aromatic rings. The summed E-state index contributed by atoms with van der Waals surface area (Å²) >= 11 is 7.48. The number of benzene rings is 1. The van der Waals surface area contributed by atoms with E-state index in [1.807, 2.05) is 4.57 Å². The number of nitrogens with zero attached hydrogens (tertiary/aromatic N) is 3. The summed E-state index contributed by atoms with van der Waals surface area (Å²) in [6.07, 6.45) is 3.90. The largest absolute Gasteiger partial charge is 0.496 e. The maximum Gasteiger partial charge on any atom is 0.230 e. The van der Waals surface area contributed by atoms with Crippen LogP contribution in [0.25, 0.3) is 11.4 Å². The van der Waals surface area contributed by atoms with Gasteiger partial charge in [0, 0.05) is 17.6 Å². The third kappa shape index (κ3) is 4.35. The standard InChI is InChI=1S/C17H19ClN4O2S/c1-3-8-22-16(13-9-11(18)4-7-14(13)24-2)20-21-17(22)25-10-15(23)19-12-5-6-12/h3-4,7,9,12H,1,5-6,8,10H2,2H3,(H,19,23). The van der Waals surface area contributed by atoms with Gasteiger partial charge in [0.05, 0.1) is 18.4 Å². The fraction of sp³-hybridized carbons (Fsp3) is 0.353. The van der Waals surface area contributed by atoms with Crippen LogP contribution in [0.3, 0.4) is 0 Å². The summed E-state index contributed by atoms with van der Waals surface area (Å²) in [5.74, 6) is 1.61. The summed E-state index contributed by atoms with van der Waals surface area (Å²) in [6.45, 7) is 4.31. The minimum absolute atomic E-state index is 0.0162. The van der Waals surface area contributed by atoms with Gasteiger partial charge in [-0.05, 0) is 31.0 Å². The van der Waals surface area contributed by atoms with Crippen molar-refractivity contribution in [3.63, 3.8) is 0 Å². The van der Waals surface area contributed by atoms with Gasteiger partial charge in [-0.3, -0.25) is 9.36 Å². The first-order chi connectivity index (χ1) is 12.1. The molecule has 0 saturated heterocycles. The van der Waals surface area contributed by atoms with E-state index < -0.39 is 0 Å². The van der Waals surface area contributed by atoms with Crippen LogP contribution in [0.15, 0.2) is 36.0 Å². The SMILES string of the molecule is C=CCn1c(SCC(=O)NC2CC2)nnc1-c1cc(Cl)ccc1OC. The molecule has 0 bridgehead atoms. The van der Waals surface area contributed by atoms with Crippen LogP contribution in [0, 0.1) is 0 Å². The number of amides is 1. The molecule has 1 fully saturated rings. The zero-order valence-electron chi connectivity index (χ0n) is 13.9. The summed E-state index contributed by atoms with van der Waals surface area (Å²) in [7, 11) is 1.60. The van der Waals surface area contributed by atoms with Gasteiger partial charge < -0.3 is 10.1 Å². The Hall–Kier alpha value is -1.99. The van der Waals surface area contributed by atoms with Gasteiger partial charge in [-0.25, -0.2) is 0 Å². The molecule has 0 spiro atoms. The third-order valence-corrected chi connectivity index (χ3v) is 4.91. The summed E-state index contributed by atoms with van der Waals surface area (Å²) in [5.41, 5.74) is 0.749. The Morgan fingerprint density at radius 3 is 3.00 bits per heavy atom. The molecule has 1 aliphatic rings. The smallest absolute Gasteiger partial charge is 0.230 e. The van der Waals surface area contributed by atoms with Crippen LogP contribution in [-0.4, -0.2) is 39.6 Å². The van der Waals surface area contributed by atoms with Gasteiger partial charge in [0.1, 0.15) is 5.75 Å². The van der Waals surface area contributed by atoms with Crippen LogP contribution in [0.5, 0.6) is 5.75 Å². The number of thioether (sulfide) groups is 1. The van der Waals surface area contributed by atoms with E-state index in [9.17, 15) is 4.79 Å². The summed E-state index contributed by atoms with van der Waals surface area (Å²) < 4.78 is 7.31. The van der Waals surface area contributed by atoms with Crippen molar-refractivity contribution in [1.29, 1.82) is 0 Å². The van der Waals surface area contributed by atoms with E-state index in [0.29, 0.717) is 40.1 Å². The highest BCUT2D eigenvalue weighted by Gasteiger charge is 2.24. The monoisotopic (exact) mass is 378 g/mol. The number of hydrogen-bond acceptors (Lipinski definition) is 5. The van der Waals surface area contributed by atoms with Crippen LogP contribution in [0.2, 0.25) is 5.02 Å². The highest BCUT2D eigenvalue weighted by Crippen LogP contribution is 2.33. The third-order valence-electron chi connectivity index (χ3n) is 3.71. The van der Waals surface area contributed by atoms with Crippen LogP contribution in [0.4, 0.5) is 0 Å². The average molecular weight is 379 g/mol. The van der Waals surface area contributed by atoms with Crippen molar-refractivity contribution in [3.05, 3.63) is 35.9 Å². The lowest BCUT2D eigenvalue weighted by molar-refractivity contribution is -0.118. The molecule has 0 atom stereocenters. The van der Waals surface area contributed by atoms with E-state index >= 15 is 0 Å². The van der Waals surface area contributed by atoms with Gasteiger partial charge in [-0.1, -0.05) is 29.4 Å². The van der Waals surface area contributed by atoms with Crippen molar-refractivity contribution >= 4 is 29.3 Å². The summed E-state index contributed by atoms with van der Waals surface area (Å²) in [5, 5.41) is 12.7. The Morgan fingerprint density at radius 1 is 1.52 bits per heavy atom. The zero-order chi connectivity index (χ0) is 17.8. The lowest BCUT2D eigenvalue weighted by atomic mass is 10.2. The molecule has 0 unspecified atom stereocenters. The van der Waals surface area contributed by atoms with Crippen molar-refractivity contribution in [2.24, 2.45) is 0 Å². The second-order valence-electron chi connectivity index (χ2n) is 5.68. The maximum atomic E-state index is 11.9. The minimum atomic E-state index is 0.0162. The van der Waals surface area contributed by atoms with E-state index in [1.165, 1.54) is 11.8 Å². The number of carbonyl (C=O) groups excluding carboxylic acids is 1. The number of halogens is 1. The highest BCUT2D eigenvalue weighted by molar-refractivity contribution is 7.99. The molecule has 6 nitrogen and oxygen atoms in total. The van der Waals surface area contributed by atoms with Gasteiger partial charge in [-0.15, -0.1) is 16.8 Å². The predicted octanol–water partition coefficient (Wildman–Crippen LogP) is 3.16. The molecule has 1 amide bonds. The van der Waals surface area contributed by atoms with Crippen molar-refractivity contribution in [2.75, 3.05) is 12.9 Å². The van der Waals surface area contributed by atoms with Crippen molar-refractivity contribution in [3.8, 4) is 17.1 Å². The quantitative estimate of drug-likeness (QED) is 0.564. The molecule has 25 heavy (non-hydrogen) atoms. The molecule has 8 heteroatoms. The van der Waals surface area contributed by atoms with Gasteiger partial charge in [0.15, 0.2) is 11.0 Å². The van der Waals surface area contributed by atoms with Gasteiger partial charge in [-0.2, -0.15) is 0 Å². The lowest BCUT2D eigenvalue weighted by Gasteiger charge is -2.11. The number of aromatic nitrogens is 3. The molecule has 1 N–H and O–H groups in total. The van der Waals surface area contributed by atoms with Crippen molar-refractivity contribution in [2.45, 2.75) is 30.6 Å². The normalized spacial score (nSPS) is 13.5. The van der Waals surface area contributed by atoms with E-state index in [4.69, 9.17) is 16.3 Å². The number of methoxy groups -OCH3 is 1. The van der Waals surface area contributed by atoms with Crippen molar-refractivity contribution < 1.29 is 9.53 Å². The summed E-state index contributed by atoms with van der Waals surface area (Å²) in [6, 6.07) is 5.69. The van der Waals surface area contributed by atoms with Gasteiger partial charge >= 0.3 is 0 Å². The van der Waals surface area contributed by atoms with Gasteiger partial charge in [0.25, 0.3) is 0 Å². The number of ether oxygens (including phenoxy) is 1. The topological polar surface area (TPSA) is 69.0 Å². The zero-order valence-corrected chi connectivity index (χ0v) is 15.4. The molecule has 1 saturated carbocycles. The molecule has 1 heterocycles. The van der Waals surface area contributed by atoms with Crippen LogP contribution >= 0.6 is 23.4 Å². The van der Waals surface area contributed by atoms with Gasteiger partial charge in [0.2, 0.25) is 5.91 Å². The number of rotatable bonds is 8. The fourth-order valence-electron chi connectivity index (χ4n) is 2.37. The maximum absolute atomic E-state index is 11.9. The Kier molecular flexibility index (Phi) is 5.65. The molecule has 3 rings (SSSR count). The first-order valence-electron chi connectivity index (χ1n) is 7.92. The molecular weight excluding hydrogens is 360 g/mol. The molecule has 0 radical (unpaired) electrons. The predicted molar refractivity (Wildman–Crippen MR) is 99.1 cm³/mol. The number of nitrogens with one attached hydrogen (secondary N) is 1. The highest BCUT2D eigenvalue weighted by atomic mass is 35.5. The lowest BCUT2D eigenvalue weighted by Crippen LogP contribution is -2.27. The van der Waals surface area contributed by atoms with Crippen LogP contribution in [-0.2, 0) is 11.3 Å². The average Bonchev–Trinajstić information content (AvgIpc) is 3.32. The molecule has 0 aliphatic heterocycles. The second kappa shape index (κ2) is 7.93. The molecule has 1 aromatic heterocycles. The molecular formula is C17H19ClN4O2S. The fourth-order valence-corrected chi connectivity index (χ4v) is 3.30. The summed E-state index contributed by atoms with van der Waals surface area (Å²) in [4.78, 5) is 11.9. The number of hydrogen-bond donors (Lipinski definition) is 1. The Balaban J connectivity index is 1.85. The molecule has 1 aliphatic carbocycles. The number of carbonyl (C=O) groups is 1. The van der Waals surface area contributed by atoms with E-state index in [2.05, 4.69) is 22.1 Å². The van der Waals surface area contributed by atoms with Crippen LogP contribution < -0.4 is 10.1 Å².